The predicted octanol–water partition coefficient (Wildman–Crippen LogP) is 2.46. The lowest BCUT2D eigenvalue weighted by atomic mass is 9.86. The molecule has 1 heterocycles. The first-order valence-corrected chi connectivity index (χ1v) is 9.06. The van der Waals surface area contributed by atoms with Crippen LogP contribution >= 0.6 is 0 Å². The molecule has 2 aromatic carbocycles. The number of sulfonamides is 1. The molecule has 0 aromatic heterocycles. The van der Waals surface area contributed by atoms with E-state index in [0.29, 0.717) is 0 Å². The molecule has 0 spiro atoms. The van der Waals surface area contributed by atoms with Crippen LogP contribution < -0.4 is 4.31 Å². The van der Waals surface area contributed by atoms with Crippen LogP contribution in [0.1, 0.15) is 17.2 Å². The topological polar surface area (TPSA) is 83.9 Å². The highest BCUT2D eigenvalue weighted by atomic mass is 32.2. The van der Waals surface area contributed by atoms with Crippen molar-refractivity contribution in [3.05, 3.63) is 65.7 Å². The van der Waals surface area contributed by atoms with Gasteiger partial charge in [0.2, 0.25) is 5.60 Å². The number of carbonyl (C=O) groups is 1. The van der Waals surface area contributed by atoms with Crippen molar-refractivity contribution in [1.29, 1.82) is 0 Å². The summed E-state index contributed by atoms with van der Waals surface area (Å²) in [6.45, 7) is 0. The van der Waals surface area contributed by atoms with E-state index in [1.165, 1.54) is 42.5 Å². The van der Waals surface area contributed by atoms with Crippen molar-refractivity contribution in [1.82, 2.24) is 0 Å². The predicted molar refractivity (Wildman–Crippen MR) is 89.0 cm³/mol. The Morgan fingerprint density at radius 3 is 2.22 bits per heavy atom. The summed E-state index contributed by atoms with van der Waals surface area (Å²) in [7, 11) is -4.98. The molecule has 0 amide bonds. The number of fused-ring (bicyclic) bond motifs is 1. The maximum Gasteiger partial charge on any atom is 0.516 e. The Balaban J connectivity index is 2.39. The Morgan fingerprint density at radius 1 is 1.11 bits per heavy atom. The van der Waals surface area contributed by atoms with Crippen LogP contribution in [0.25, 0.3) is 0 Å². The van der Waals surface area contributed by atoms with Gasteiger partial charge in [-0.25, -0.2) is 4.79 Å². The van der Waals surface area contributed by atoms with E-state index >= 15 is 0 Å². The third-order valence-electron chi connectivity index (χ3n) is 4.35. The highest BCUT2D eigenvalue weighted by Gasteiger charge is 2.64. The third-order valence-corrected chi connectivity index (χ3v) is 5.86. The van der Waals surface area contributed by atoms with Gasteiger partial charge < -0.3 is 9.84 Å². The van der Waals surface area contributed by atoms with Crippen molar-refractivity contribution in [3.63, 3.8) is 0 Å². The second-order valence-electron chi connectivity index (χ2n) is 5.83. The van der Waals surface area contributed by atoms with E-state index in [1.54, 1.807) is 6.07 Å². The summed E-state index contributed by atoms with van der Waals surface area (Å²) in [5.41, 5.74) is -9.05. The smallest absolute Gasteiger partial charge is 0.467 e. The van der Waals surface area contributed by atoms with E-state index in [1.807, 2.05) is 0 Å². The van der Waals surface area contributed by atoms with E-state index in [9.17, 15) is 31.5 Å². The molecule has 1 aliphatic heterocycles. The summed E-state index contributed by atoms with van der Waals surface area (Å²) in [5, 5.41) is 11.2. The molecule has 2 aromatic rings. The molecule has 1 N–H and O–H groups in total. The van der Waals surface area contributed by atoms with Crippen LogP contribution in [0.5, 0.6) is 0 Å². The van der Waals surface area contributed by atoms with Crippen molar-refractivity contribution in [2.24, 2.45) is 0 Å². The van der Waals surface area contributed by atoms with Crippen molar-refractivity contribution in [2.45, 2.75) is 17.2 Å². The minimum Gasteiger partial charge on any atom is -0.467 e. The molecular formula is C17H14F3NO5S. The normalized spacial score (nSPS) is 22.4. The average molecular weight is 401 g/mol. The van der Waals surface area contributed by atoms with E-state index in [0.717, 1.165) is 13.2 Å². The number of anilines is 1. The summed E-state index contributed by atoms with van der Waals surface area (Å²) in [6.07, 6.45) is 0. The van der Waals surface area contributed by atoms with Gasteiger partial charge in [0.25, 0.3) is 0 Å². The van der Waals surface area contributed by atoms with Crippen molar-refractivity contribution < 1.29 is 36.2 Å². The van der Waals surface area contributed by atoms with Crippen LogP contribution in [0.3, 0.4) is 0 Å². The van der Waals surface area contributed by atoms with Gasteiger partial charge in [-0.1, -0.05) is 48.5 Å². The van der Waals surface area contributed by atoms with Gasteiger partial charge in [-0.3, -0.25) is 4.31 Å². The van der Waals surface area contributed by atoms with Gasteiger partial charge in [-0.05, 0) is 11.6 Å². The summed E-state index contributed by atoms with van der Waals surface area (Å²) in [6, 6.07) is 10.2. The van der Waals surface area contributed by atoms with Crippen LogP contribution in [0, 0.1) is 0 Å². The fraction of sp³-hybridized carbons (Fsp3) is 0.235. The molecule has 0 aliphatic carbocycles. The van der Waals surface area contributed by atoms with Crippen molar-refractivity contribution in [2.75, 3.05) is 11.4 Å². The summed E-state index contributed by atoms with van der Waals surface area (Å²) in [5.74, 6) is -1.27. The zero-order valence-electron chi connectivity index (χ0n) is 13.8. The second kappa shape index (κ2) is 6.24. The van der Waals surface area contributed by atoms with Gasteiger partial charge in [0, 0.05) is 5.56 Å². The van der Waals surface area contributed by atoms with Gasteiger partial charge >= 0.3 is 21.5 Å². The van der Waals surface area contributed by atoms with Gasteiger partial charge in [0.1, 0.15) is 6.04 Å². The van der Waals surface area contributed by atoms with Gasteiger partial charge in [0.15, 0.2) is 0 Å². The SMILES string of the molecule is COC(=O)[C@]1(O)c2ccccc2N(S(=O)(=O)C(F)(F)F)[C@@H]1c1ccccc1. The zero-order chi connectivity index (χ0) is 20.0. The molecule has 6 nitrogen and oxygen atoms in total. The standard InChI is InChI=1S/C17H14F3NO5S/c1-26-15(22)16(23)12-9-5-6-10-13(12)21(27(24,25)17(18,19)20)14(16)11-7-3-2-4-8-11/h2-10,14,23H,1H3/t14-,16+/m1/s1. The second-order valence-corrected chi connectivity index (χ2v) is 7.64. The minimum absolute atomic E-state index is 0.00516. The molecule has 0 saturated carbocycles. The molecule has 0 unspecified atom stereocenters. The van der Waals surface area contributed by atoms with E-state index in [2.05, 4.69) is 4.74 Å². The summed E-state index contributed by atoms with van der Waals surface area (Å²) >= 11 is 0. The highest BCUT2D eigenvalue weighted by molar-refractivity contribution is 7.93. The number of aliphatic hydroxyl groups is 1. The van der Waals surface area contributed by atoms with E-state index < -0.39 is 38.8 Å². The molecule has 1 aliphatic rings. The lowest BCUT2D eigenvalue weighted by molar-refractivity contribution is -0.165. The summed E-state index contributed by atoms with van der Waals surface area (Å²) < 4.78 is 69.4. The quantitative estimate of drug-likeness (QED) is 0.799. The number of methoxy groups -OCH3 is 1. The fourth-order valence-corrected chi connectivity index (χ4v) is 4.41. The largest absolute Gasteiger partial charge is 0.516 e. The first-order chi connectivity index (χ1) is 12.6. The van der Waals surface area contributed by atoms with Crippen LogP contribution in [-0.2, 0) is 25.2 Å². The Morgan fingerprint density at radius 2 is 1.67 bits per heavy atom. The maximum atomic E-state index is 13.4. The first-order valence-electron chi connectivity index (χ1n) is 7.62. The molecule has 3 rings (SSSR count). The Labute approximate surface area is 152 Å². The van der Waals surface area contributed by atoms with Crippen molar-refractivity contribution >= 4 is 21.7 Å². The number of esters is 1. The van der Waals surface area contributed by atoms with E-state index in [4.69, 9.17) is 0 Å². The summed E-state index contributed by atoms with van der Waals surface area (Å²) in [4.78, 5) is 12.4. The number of alkyl halides is 3. The minimum atomic E-state index is -5.93. The van der Waals surface area contributed by atoms with E-state index in [-0.39, 0.29) is 15.4 Å². The molecule has 0 bridgehead atoms. The highest BCUT2D eigenvalue weighted by Crippen LogP contribution is 2.55. The molecule has 0 fully saturated rings. The molecule has 0 radical (unpaired) electrons. The number of carbonyl (C=O) groups excluding carboxylic acids is 1. The molecule has 27 heavy (non-hydrogen) atoms. The zero-order valence-corrected chi connectivity index (χ0v) is 14.7. The van der Waals surface area contributed by atoms with Crippen LogP contribution in [0.4, 0.5) is 18.9 Å². The lowest BCUT2D eigenvalue weighted by Gasteiger charge is -2.33. The average Bonchev–Trinajstić information content (AvgIpc) is 2.92. The number of hydrogen-bond donors (Lipinski definition) is 1. The van der Waals surface area contributed by atoms with Crippen molar-refractivity contribution in [3.8, 4) is 0 Å². The Kier molecular flexibility index (Phi) is 4.43. The number of benzene rings is 2. The monoisotopic (exact) mass is 401 g/mol. The molecule has 0 saturated heterocycles. The van der Waals surface area contributed by atoms with Gasteiger partial charge in [-0.15, -0.1) is 0 Å². The number of nitrogens with zero attached hydrogens (tertiary/aromatic N) is 1. The van der Waals surface area contributed by atoms with Gasteiger partial charge in [0.05, 0.1) is 12.8 Å². The number of halogens is 3. The maximum absolute atomic E-state index is 13.4. The number of ether oxygens (including phenoxy) is 1. The third kappa shape index (κ3) is 2.67. The molecule has 2 atom stereocenters. The van der Waals surface area contributed by atoms with Crippen LogP contribution in [0.2, 0.25) is 0 Å². The van der Waals surface area contributed by atoms with Gasteiger partial charge in [-0.2, -0.15) is 21.6 Å². The van der Waals surface area contributed by atoms with Crippen LogP contribution in [0.15, 0.2) is 54.6 Å². The Hall–Kier alpha value is -2.59. The fourth-order valence-electron chi connectivity index (χ4n) is 3.21. The first kappa shape index (κ1) is 19.2. The number of rotatable bonds is 3. The Bertz CT molecular complexity index is 978. The van der Waals surface area contributed by atoms with Crippen LogP contribution in [-0.4, -0.2) is 32.1 Å². The lowest BCUT2D eigenvalue weighted by Crippen LogP contribution is -2.49. The molecule has 144 valence electrons. The molecule has 10 heteroatoms. The molecular weight excluding hydrogens is 387 g/mol. The number of hydrogen-bond acceptors (Lipinski definition) is 5. The number of para-hydroxylation sites is 1.